The van der Waals surface area contributed by atoms with Gasteiger partial charge in [0, 0.05) is 25.5 Å². The van der Waals surface area contributed by atoms with Gasteiger partial charge in [-0.15, -0.1) is 5.92 Å². The molecular weight excluding hydrogens is 418 g/mol. The van der Waals surface area contributed by atoms with Crippen molar-refractivity contribution in [3.05, 3.63) is 83.1 Å². The van der Waals surface area contributed by atoms with Crippen molar-refractivity contribution in [2.75, 3.05) is 19.0 Å². The molecule has 1 aromatic carbocycles. The molecular formula is C29H35N5. The highest BCUT2D eigenvalue weighted by molar-refractivity contribution is 6.00. The molecule has 0 aliphatic carbocycles. The Morgan fingerprint density at radius 1 is 1.18 bits per heavy atom. The second-order valence-corrected chi connectivity index (χ2v) is 8.42. The molecule has 176 valence electrons. The highest BCUT2D eigenvalue weighted by Crippen LogP contribution is 2.37. The lowest BCUT2D eigenvalue weighted by molar-refractivity contribution is 0.572. The van der Waals surface area contributed by atoms with Gasteiger partial charge in [0.2, 0.25) is 0 Å². The van der Waals surface area contributed by atoms with E-state index in [0.29, 0.717) is 12.1 Å². The fourth-order valence-corrected chi connectivity index (χ4v) is 3.94. The number of anilines is 1. The molecule has 1 heterocycles. The highest BCUT2D eigenvalue weighted by atomic mass is 15.2. The summed E-state index contributed by atoms with van der Waals surface area (Å²) in [7, 11) is 3.85. The summed E-state index contributed by atoms with van der Waals surface area (Å²) in [6, 6.07) is 10.6. The van der Waals surface area contributed by atoms with Crippen LogP contribution in [0.4, 0.5) is 5.69 Å². The smallest absolute Gasteiger partial charge is 0.131 e. The van der Waals surface area contributed by atoms with Gasteiger partial charge in [-0.05, 0) is 64.4 Å². The first kappa shape index (κ1) is 26.3. The monoisotopic (exact) mass is 453 g/mol. The van der Waals surface area contributed by atoms with Crippen molar-refractivity contribution < 1.29 is 0 Å². The second kappa shape index (κ2) is 11.3. The van der Waals surface area contributed by atoms with Crippen LogP contribution in [0, 0.1) is 37.0 Å². The molecule has 0 radical (unpaired) electrons. The minimum absolute atomic E-state index is 0.458. The van der Waals surface area contributed by atoms with Gasteiger partial charge in [-0.25, -0.2) is 4.99 Å². The Balaban J connectivity index is 2.71. The van der Waals surface area contributed by atoms with E-state index in [4.69, 9.17) is 4.99 Å². The Kier molecular flexibility index (Phi) is 8.70. The van der Waals surface area contributed by atoms with Crippen LogP contribution in [0.15, 0.2) is 60.0 Å². The first-order valence-corrected chi connectivity index (χ1v) is 11.2. The molecule has 2 rings (SSSR count). The fourth-order valence-electron chi connectivity index (χ4n) is 3.94. The van der Waals surface area contributed by atoms with Crippen LogP contribution in [0.1, 0.15) is 55.8 Å². The molecule has 0 fully saturated rings. The van der Waals surface area contributed by atoms with Crippen molar-refractivity contribution in [1.29, 1.82) is 5.26 Å². The molecule has 0 unspecified atom stereocenters. The zero-order valence-electron chi connectivity index (χ0n) is 21.7. The molecule has 1 aromatic heterocycles. The zero-order chi connectivity index (χ0) is 25.6. The minimum Gasteiger partial charge on any atom is -0.349 e. The molecule has 0 aliphatic rings. The number of hydrogen-bond acceptors (Lipinski definition) is 4. The quantitative estimate of drug-likeness (QED) is 0.351. The summed E-state index contributed by atoms with van der Waals surface area (Å²) in [6.45, 7) is 20.8. The van der Waals surface area contributed by atoms with Crippen LogP contribution in [0.5, 0.6) is 0 Å². The number of nitrogens with zero attached hydrogens (tertiary/aromatic N) is 5. The van der Waals surface area contributed by atoms with Crippen molar-refractivity contribution in [3.8, 4) is 17.9 Å². The molecule has 0 atom stereocenters. The summed E-state index contributed by atoms with van der Waals surface area (Å²) in [5.41, 5.74) is 8.01. The van der Waals surface area contributed by atoms with Crippen LogP contribution in [0.3, 0.4) is 0 Å². The van der Waals surface area contributed by atoms with E-state index < -0.39 is 0 Å². The average Bonchev–Trinajstić information content (AvgIpc) is 3.10. The van der Waals surface area contributed by atoms with Crippen LogP contribution < -0.4 is 4.90 Å². The van der Waals surface area contributed by atoms with E-state index in [1.165, 1.54) is 5.56 Å². The molecule has 0 aliphatic heterocycles. The lowest BCUT2D eigenvalue weighted by Gasteiger charge is -2.27. The Hall–Kier alpha value is -3.96. The van der Waals surface area contributed by atoms with Crippen molar-refractivity contribution in [2.24, 2.45) is 4.99 Å². The Morgan fingerprint density at radius 2 is 1.82 bits per heavy atom. The van der Waals surface area contributed by atoms with Gasteiger partial charge in [0.1, 0.15) is 11.9 Å². The summed E-state index contributed by atoms with van der Waals surface area (Å²) >= 11 is 0. The van der Waals surface area contributed by atoms with Crippen LogP contribution in [0.2, 0.25) is 0 Å². The number of aromatic nitrogens is 1. The normalized spacial score (nSPS) is 10.6. The standard InChI is InChI=1S/C29H35N5/c1-11-13-18-34-23(7)26(19-30)28(32(9)12-2)27(34)24(8)33(10)29(20(3)4)31-22(6)25-17-15-14-16-21(25)5/h12,14-17H,2,8,18H2,1,3-7,9-10H3/b31-22-. The number of allylic oxidation sites excluding steroid dienone is 1. The number of benzene rings is 1. The number of rotatable bonds is 8. The molecule has 0 spiro atoms. The van der Waals surface area contributed by atoms with E-state index in [0.717, 1.165) is 45.4 Å². The van der Waals surface area contributed by atoms with E-state index in [2.05, 4.69) is 50.1 Å². The maximum Gasteiger partial charge on any atom is 0.131 e. The molecule has 0 bridgehead atoms. The van der Waals surface area contributed by atoms with E-state index in [1.54, 1.807) is 6.20 Å². The van der Waals surface area contributed by atoms with Crippen LogP contribution in [0.25, 0.3) is 5.70 Å². The van der Waals surface area contributed by atoms with Gasteiger partial charge < -0.3 is 14.4 Å². The predicted octanol–water partition coefficient (Wildman–Crippen LogP) is 6.24. The lowest BCUT2D eigenvalue weighted by Crippen LogP contribution is -2.21. The van der Waals surface area contributed by atoms with Crippen molar-refractivity contribution in [2.45, 2.75) is 48.1 Å². The van der Waals surface area contributed by atoms with Gasteiger partial charge in [-0.1, -0.05) is 43.3 Å². The van der Waals surface area contributed by atoms with Crippen molar-refractivity contribution in [3.63, 3.8) is 0 Å². The molecule has 0 N–H and O–H groups in total. The lowest BCUT2D eigenvalue weighted by atomic mass is 10.1. The highest BCUT2D eigenvalue weighted by Gasteiger charge is 2.26. The Morgan fingerprint density at radius 3 is 2.35 bits per heavy atom. The maximum absolute atomic E-state index is 9.96. The number of aliphatic imine (C=N–C) groups is 1. The summed E-state index contributed by atoms with van der Waals surface area (Å²) in [6.07, 6.45) is 1.70. The van der Waals surface area contributed by atoms with Gasteiger partial charge in [0.15, 0.2) is 0 Å². The third-order valence-electron chi connectivity index (χ3n) is 5.90. The first-order valence-electron chi connectivity index (χ1n) is 11.2. The Labute approximate surface area is 205 Å². The summed E-state index contributed by atoms with van der Waals surface area (Å²) in [5, 5.41) is 9.96. The molecule has 5 heteroatoms. The van der Waals surface area contributed by atoms with Crippen LogP contribution >= 0.6 is 0 Å². The van der Waals surface area contributed by atoms with Gasteiger partial charge >= 0.3 is 0 Å². The summed E-state index contributed by atoms with van der Waals surface area (Å²) < 4.78 is 2.05. The minimum atomic E-state index is 0.458. The van der Waals surface area contributed by atoms with Crippen LogP contribution in [-0.4, -0.2) is 29.3 Å². The average molecular weight is 454 g/mol. The molecule has 0 saturated heterocycles. The van der Waals surface area contributed by atoms with E-state index in [1.807, 2.05) is 75.2 Å². The van der Waals surface area contributed by atoms with E-state index >= 15 is 0 Å². The largest absolute Gasteiger partial charge is 0.349 e. The SMILES string of the molecule is C=CN(C)c1c(C#N)c(C)n(CC#CC)c1C(=C)N(C)C(/N=C(/C)c1ccccc1C)=C(C)C. The summed E-state index contributed by atoms with van der Waals surface area (Å²) in [5.74, 6) is 6.90. The third-order valence-corrected chi connectivity index (χ3v) is 5.90. The summed E-state index contributed by atoms with van der Waals surface area (Å²) in [4.78, 5) is 8.87. The number of hydrogen-bond donors (Lipinski definition) is 0. The van der Waals surface area contributed by atoms with Gasteiger partial charge in [0.25, 0.3) is 0 Å². The fraction of sp³-hybridized carbons (Fsp3) is 0.310. The first-order chi connectivity index (χ1) is 16.1. The van der Waals surface area contributed by atoms with E-state index in [9.17, 15) is 5.26 Å². The maximum atomic E-state index is 9.96. The molecule has 0 amide bonds. The Bertz CT molecular complexity index is 1260. The van der Waals surface area contributed by atoms with E-state index in [-0.39, 0.29) is 0 Å². The number of aryl methyl sites for hydroxylation is 1. The van der Waals surface area contributed by atoms with Crippen molar-refractivity contribution >= 4 is 17.1 Å². The topological polar surface area (TPSA) is 47.6 Å². The van der Waals surface area contributed by atoms with Gasteiger partial charge in [-0.2, -0.15) is 5.26 Å². The molecule has 5 nitrogen and oxygen atoms in total. The van der Waals surface area contributed by atoms with Crippen LogP contribution in [-0.2, 0) is 6.54 Å². The third kappa shape index (κ3) is 5.16. The molecule has 0 saturated carbocycles. The molecule has 34 heavy (non-hydrogen) atoms. The van der Waals surface area contributed by atoms with Gasteiger partial charge in [-0.3, -0.25) is 0 Å². The second-order valence-electron chi connectivity index (χ2n) is 8.42. The molecule has 2 aromatic rings. The van der Waals surface area contributed by atoms with Gasteiger partial charge in [0.05, 0.1) is 29.2 Å². The zero-order valence-corrected chi connectivity index (χ0v) is 21.7. The van der Waals surface area contributed by atoms with Crippen molar-refractivity contribution in [1.82, 2.24) is 9.47 Å². The predicted molar refractivity (Wildman–Crippen MR) is 144 cm³/mol. The number of nitriles is 1.